The van der Waals surface area contributed by atoms with Crippen LogP contribution in [0.3, 0.4) is 0 Å². The van der Waals surface area contributed by atoms with Crippen molar-refractivity contribution in [2.45, 2.75) is 12.5 Å². The van der Waals surface area contributed by atoms with Crippen LogP contribution in [-0.4, -0.2) is 16.1 Å². The zero-order valence-corrected chi connectivity index (χ0v) is 13.8. The molecule has 0 radical (unpaired) electrons. The molecular formula is C21H19NO3. The Labute approximate surface area is 146 Å². The number of aromatic hydroxyl groups is 1. The highest BCUT2D eigenvalue weighted by atomic mass is 16.3. The third-order valence-corrected chi connectivity index (χ3v) is 4.11. The number of benzene rings is 3. The minimum absolute atomic E-state index is 0.0533. The van der Waals surface area contributed by atoms with Crippen molar-refractivity contribution in [3.63, 3.8) is 0 Å². The monoisotopic (exact) mass is 333 g/mol. The molecule has 25 heavy (non-hydrogen) atoms. The first kappa shape index (κ1) is 16.7. The molecule has 0 bridgehead atoms. The van der Waals surface area contributed by atoms with Crippen molar-refractivity contribution < 1.29 is 15.0 Å². The van der Waals surface area contributed by atoms with Crippen molar-refractivity contribution in [2.75, 3.05) is 5.32 Å². The average Bonchev–Trinajstić information content (AvgIpc) is 2.65. The molecule has 0 aromatic heterocycles. The van der Waals surface area contributed by atoms with Crippen LogP contribution in [0.2, 0.25) is 0 Å². The number of rotatable bonds is 4. The number of aliphatic hydroxyl groups is 1. The maximum Gasteiger partial charge on any atom is 0.265 e. The molecule has 0 unspecified atom stereocenters. The summed E-state index contributed by atoms with van der Waals surface area (Å²) in [5, 5.41) is 24.0. The first-order valence-electron chi connectivity index (χ1n) is 7.96. The fourth-order valence-electron chi connectivity index (χ4n) is 2.75. The number of hydrogen-bond donors (Lipinski definition) is 3. The fourth-order valence-corrected chi connectivity index (χ4v) is 2.75. The van der Waals surface area contributed by atoms with Gasteiger partial charge in [0.1, 0.15) is 5.75 Å². The Bertz CT molecular complexity index is 837. The maximum absolute atomic E-state index is 13.0. The molecule has 126 valence electrons. The fraction of sp³-hybridized carbons (Fsp3) is 0.0952. The van der Waals surface area contributed by atoms with Gasteiger partial charge in [0, 0.05) is 0 Å². The third-order valence-electron chi connectivity index (χ3n) is 4.11. The summed E-state index contributed by atoms with van der Waals surface area (Å²) in [7, 11) is 0. The Balaban J connectivity index is 2.06. The van der Waals surface area contributed by atoms with Gasteiger partial charge in [-0.1, -0.05) is 66.7 Å². The van der Waals surface area contributed by atoms with Gasteiger partial charge in [-0.2, -0.15) is 0 Å². The van der Waals surface area contributed by atoms with Crippen LogP contribution in [0.15, 0.2) is 78.9 Å². The molecule has 4 nitrogen and oxygen atoms in total. The van der Waals surface area contributed by atoms with E-state index in [-0.39, 0.29) is 11.4 Å². The number of carbonyl (C=O) groups excluding carboxylic acids is 1. The molecule has 0 aliphatic carbocycles. The normalized spacial score (nSPS) is 11.1. The summed E-state index contributed by atoms with van der Waals surface area (Å²) in [6.45, 7) is 1.86. The highest BCUT2D eigenvalue weighted by molar-refractivity contribution is 6.01. The zero-order chi connectivity index (χ0) is 17.9. The first-order chi connectivity index (χ1) is 12.0. The number of carbonyl (C=O) groups is 1. The van der Waals surface area contributed by atoms with E-state index in [9.17, 15) is 15.0 Å². The van der Waals surface area contributed by atoms with Crippen LogP contribution in [0.4, 0.5) is 5.69 Å². The largest absolute Gasteiger partial charge is 0.506 e. The van der Waals surface area contributed by atoms with Crippen molar-refractivity contribution in [1.82, 2.24) is 0 Å². The van der Waals surface area contributed by atoms with Crippen molar-refractivity contribution in [3.8, 4) is 5.75 Å². The number of amides is 1. The predicted molar refractivity (Wildman–Crippen MR) is 97.4 cm³/mol. The molecule has 0 saturated heterocycles. The van der Waals surface area contributed by atoms with Gasteiger partial charge in [0.2, 0.25) is 0 Å². The number of hydrogen-bond acceptors (Lipinski definition) is 3. The summed E-state index contributed by atoms with van der Waals surface area (Å²) < 4.78 is 0. The lowest BCUT2D eigenvalue weighted by molar-refractivity contribution is -0.131. The smallest absolute Gasteiger partial charge is 0.265 e. The second kappa shape index (κ2) is 6.79. The standard InChI is InChI=1S/C21H19NO3/c1-15-12-13-19(23)18(14-15)22-20(24)21(25,16-8-4-2-5-9-16)17-10-6-3-7-11-17/h2-14,23,25H,1H3,(H,22,24). The SMILES string of the molecule is Cc1ccc(O)c(NC(=O)C(O)(c2ccccc2)c2ccccc2)c1. The summed E-state index contributed by atoms with van der Waals surface area (Å²) in [5.74, 6) is -0.687. The van der Waals surface area contributed by atoms with E-state index in [1.807, 2.05) is 19.1 Å². The molecule has 0 heterocycles. The molecule has 0 fully saturated rings. The molecule has 1 amide bonds. The van der Waals surface area contributed by atoms with Crippen molar-refractivity contribution >= 4 is 11.6 Å². The summed E-state index contributed by atoms with van der Waals surface area (Å²) in [4.78, 5) is 13.0. The molecule has 0 atom stereocenters. The summed E-state index contributed by atoms with van der Waals surface area (Å²) in [5.41, 5.74) is 0.168. The van der Waals surface area contributed by atoms with Gasteiger partial charge in [0.25, 0.3) is 5.91 Å². The number of aryl methyl sites for hydroxylation is 1. The average molecular weight is 333 g/mol. The Hall–Kier alpha value is -3.11. The third kappa shape index (κ3) is 3.25. The number of phenols is 1. The van der Waals surface area contributed by atoms with E-state index in [2.05, 4.69) is 5.32 Å². The topological polar surface area (TPSA) is 69.6 Å². The van der Waals surface area contributed by atoms with Gasteiger partial charge in [0.05, 0.1) is 5.69 Å². The predicted octanol–water partition coefficient (Wildman–Crippen LogP) is 3.58. The Morgan fingerprint density at radius 2 is 1.40 bits per heavy atom. The molecular weight excluding hydrogens is 314 g/mol. The van der Waals surface area contributed by atoms with E-state index in [1.54, 1.807) is 60.7 Å². The molecule has 3 N–H and O–H groups in total. The Kier molecular flexibility index (Phi) is 4.55. The summed E-state index contributed by atoms with van der Waals surface area (Å²) in [6.07, 6.45) is 0. The van der Waals surface area contributed by atoms with Crippen LogP contribution < -0.4 is 5.32 Å². The minimum Gasteiger partial charge on any atom is -0.506 e. The molecule has 0 saturated carbocycles. The van der Waals surface area contributed by atoms with Crippen molar-refractivity contribution in [1.29, 1.82) is 0 Å². The lowest BCUT2D eigenvalue weighted by Crippen LogP contribution is -2.41. The Morgan fingerprint density at radius 3 is 1.92 bits per heavy atom. The zero-order valence-electron chi connectivity index (χ0n) is 13.8. The van der Waals surface area contributed by atoms with E-state index in [1.165, 1.54) is 6.07 Å². The summed E-state index contributed by atoms with van der Waals surface area (Å²) >= 11 is 0. The first-order valence-corrected chi connectivity index (χ1v) is 7.96. The van der Waals surface area contributed by atoms with E-state index in [4.69, 9.17) is 0 Å². The minimum atomic E-state index is -1.88. The van der Waals surface area contributed by atoms with Crippen LogP contribution in [0.1, 0.15) is 16.7 Å². The van der Waals surface area contributed by atoms with Crippen LogP contribution in [-0.2, 0) is 10.4 Å². The van der Waals surface area contributed by atoms with Gasteiger partial charge >= 0.3 is 0 Å². The Morgan fingerprint density at radius 1 is 0.880 bits per heavy atom. The van der Waals surface area contributed by atoms with Crippen LogP contribution >= 0.6 is 0 Å². The van der Waals surface area contributed by atoms with Gasteiger partial charge in [-0.25, -0.2) is 0 Å². The van der Waals surface area contributed by atoms with Crippen LogP contribution in [0, 0.1) is 6.92 Å². The molecule has 0 aliphatic rings. The molecule has 3 aromatic rings. The van der Waals surface area contributed by atoms with Crippen molar-refractivity contribution in [3.05, 3.63) is 95.6 Å². The maximum atomic E-state index is 13.0. The second-order valence-corrected chi connectivity index (χ2v) is 5.92. The quantitative estimate of drug-likeness (QED) is 0.639. The highest BCUT2D eigenvalue weighted by Crippen LogP contribution is 2.33. The van der Waals surface area contributed by atoms with E-state index < -0.39 is 11.5 Å². The summed E-state index contributed by atoms with van der Waals surface area (Å²) in [6, 6.07) is 22.4. The second-order valence-electron chi connectivity index (χ2n) is 5.92. The van der Waals surface area contributed by atoms with E-state index >= 15 is 0 Å². The van der Waals surface area contributed by atoms with Gasteiger partial charge < -0.3 is 15.5 Å². The van der Waals surface area contributed by atoms with Gasteiger partial charge in [-0.3, -0.25) is 4.79 Å². The lowest BCUT2D eigenvalue weighted by Gasteiger charge is -2.28. The highest BCUT2D eigenvalue weighted by Gasteiger charge is 2.40. The van der Waals surface area contributed by atoms with Crippen LogP contribution in [0.25, 0.3) is 0 Å². The molecule has 0 spiro atoms. The van der Waals surface area contributed by atoms with Crippen LogP contribution in [0.5, 0.6) is 5.75 Å². The number of nitrogens with one attached hydrogen (secondary N) is 1. The lowest BCUT2D eigenvalue weighted by atomic mass is 9.85. The van der Waals surface area contributed by atoms with Gasteiger partial charge in [-0.05, 0) is 35.7 Å². The van der Waals surface area contributed by atoms with Gasteiger partial charge in [-0.15, -0.1) is 0 Å². The van der Waals surface area contributed by atoms with E-state index in [0.717, 1.165) is 5.56 Å². The molecule has 3 rings (SSSR count). The van der Waals surface area contributed by atoms with Crippen molar-refractivity contribution in [2.24, 2.45) is 0 Å². The van der Waals surface area contributed by atoms with E-state index in [0.29, 0.717) is 11.1 Å². The number of anilines is 1. The van der Waals surface area contributed by atoms with Gasteiger partial charge in [0.15, 0.2) is 5.60 Å². The molecule has 4 heteroatoms. The number of phenolic OH excluding ortho intramolecular Hbond substituents is 1. The molecule has 0 aliphatic heterocycles. The molecule has 3 aromatic carbocycles.